The first-order valence-electron chi connectivity index (χ1n) is 9.04. The van der Waals surface area contributed by atoms with Gasteiger partial charge in [-0.3, -0.25) is 9.78 Å². The van der Waals surface area contributed by atoms with Crippen LogP contribution in [0, 0.1) is 13.8 Å². The van der Waals surface area contributed by atoms with Crippen LogP contribution in [0.15, 0.2) is 41.1 Å². The average Bonchev–Trinajstić information content (AvgIpc) is 3.36. The molecule has 1 aliphatic carbocycles. The first-order chi connectivity index (χ1) is 13.1. The van der Waals surface area contributed by atoms with Crippen molar-refractivity contribution in [3.8, 4) is 11.1 Å². The van der Waals surface area contributed by atoms with Gasteiger partial charge in [0.15, 0.2) is 0 Å². The van der Waals surface area contributed by atoms with E-state index < -0.39 is 0 Å². The van der Waals surface area contributed by atoms with Crippen LogP contribution in [0.2, 0.25) is 0 Å². The van der Waals surface area contributed by atoms with Gasteiger partial charge in [-0.25, -0.2) is 4.98 Å². The zero-order valence-electron chi connectivity index (χ0n) is 15.1. The summed E-state index contributed by atoms with van der Waals surface area (Å²) in [7, 11) is 0. The van der Waals surface area contributed by atoms with Crippen LogP contribution in [0.1, 0.15) is 52.1 Å². The number of pyridine rings is 1. The third-order valence-corrected chi connectivity index (χ3v) is 5.03. The Morgan fingerprint density at radius 3 is 2.74 bits per heavy atom. The topological polar surface area (TPSA) is 84.7 Å². The normalized spacial score (nSPS) is 14.0. The number of aromatic nitrogens is 4. The van der Waals surface area contributed by atoms with Crippen LogP contribution in [-0.4, -0.2) is 25.9 Å². The van der Waals surface area contributed by atoms with E-state index in [0.717, 1.165) is 46.8 Å². The van der Waals surface area contributed by atoms with Gasteiger partial charge in [0.25, 0.3) is 0 Å². The highest BCUT2D eigenvalue weighted by atomic mass is 16.5. The van der Waals surface area contributed by atoms with Crippen LogP contribution in [0.25, 0.3) is 22.2 Å². The Labute approximate surface area is 155 Å². The first-order valence-corrected chi connectivity index (χ1v) is 9.04. The maximum atomic E-state index is 13.2. The summed E-state index contributed by atoms with van der Waals surface area (Å²) >= 11 is 0. The molecule has 3 heterocycles. The Kier molecular flexibility index (Phi) is 3.47. The van der Waals surface area contributed by atoms with Crippen molar-refractivity contribution >= 4 is 16.8 Å². The van der Waals surface area contributed by atoms with E-state index in [0.29, 0.717) is 22.7 Å². The van der Waals surface area contributed by atoms with E-state index in [4.69, 9.17) is 9.51 Å². The van der Waals surface area contributed by atoms with Crippen LogP contribution in [0.3, 0.4) is 0 Å². The number of carbonyl (C=O) groups excluding carboxylic acids is 1. The molecule has 1 saturated carbocycles. The van der Waals surface area contributed by atoms with Gasteiger partial charge in [0.1, 0.15) is 17.3 Å². The molecule has 0 amide bonds. The van der Waals surface area contributed by atoms with Crippen molar-refractivity contribution in [2.45, 2.75) is 32.6 Å². The molecule has 0 radical (unpaired) electrons. The number of hydrogen-bond donors (Lipinski definition) is 1. The summed E-state index contributed by atoms with van der Waals surface area (Å²) in [6, 6.07) is 9.24. The molecule has 0 saturated heterocycles. The van der Waals surface area contributed by atoms with Crippen molar-refractivity contribution in [3.63, 3.8) is 0 Å². The maximum Gasteiger partial charge on any atom is 0.213 e. The van der Waals surface area contributed by atoms with Gasteiger partial charge in [-0.05, 0) is 56.5 Å². The molecule has 5 rings (SSSR count). The van der Waals surface area contributed by atoms with Gasteiger partial charge >= 0.3 is 0 Å². The molecule has 1 N–H and O–H groups in total. The largest absolute Gasteiger partial charge is 0.361 e. The summed E-state index contributed by atoms with van der Waals surface area (Å²) in [6.07, 6.45) is 3.91. The van der Waals surface area contributed by atoms with E-state index in [2.05, 4.69) is 15.1 Å². The number of benzene rings is 1. The monoisotopic (exact) mass is 358 g/mol. The van der Waals surface area contributed by atoms with E-state index in [1.165, 1.54) is 0 Å². The molecule has 1 fully saturated rings. The summed E-state index contributed by atoms with van der Waals surface area (Å²) in [5.41, 5.74) is 5.11. The van der Waals surface area contributed by atoms with Crippen LogP contribution in [0.5, 0.6) is 0 Å². The number of imidazole rings is 1. The van der Waals surface area contributed by atoms with Crippen molar-refractivity contribution in [3.05, 3.63) is 65.1 Å². The third kappa shape index (κ3) is 2.65. The van der Waals surface area contributed by atoms with Crippen molar-refractivity contribution in [2.24, 2.45) is 0 Å². The fourth-order valence-corrected chi connectivity index (χ4v) is 3.53. The zero-order valence-corrected chi connectivity index (χ0v) is 15.1. The highest BCUT2D eigenvalue weighted by Crippen LogP contribution is 2.40. The Morgan fingerprint density at radius 2 is 2.07 bits per heavy atom. The van der Waals surface area contributed by atoms with Gasteiger partial charge < -0.3 is 9.51 Å². The highest BCUT2D eigenvalue weighted by Gasteiger charge is 2.28. The second kappa shape index (κ2) is 5.87. The molecule has 27 heavy (non-hydrogen) atoms. The molecule has 6 nitrogen and oxygen atoms in total. The number of rotatable bonds is 4. The summed E-state index contributed by atoms with van der Waals surface area (Å²) in [5.74, 6) is 2.02. The lowest BCUT2D eigenvalue weighted by Crippen LogP contribution is -2.05. The Morgan fingerprint density at radius 1 is 1.22 bits per heavy atom. The van der Waals surface area contributed by atoms with Gasteiger partial charge in [0.05, 0.1) is 22.3 Å². The van der Waals surface area contributed by atoms with Crippen molar-refractivity contribution in [1.82, 2.24) is 20.1 Å². The molecule has 1 aromatic carbocycles. The summed E-state index contributed by atoms with van der Waals surface area (Å²) in [5, 5.41) is 4.05. The highest BCUT2D eigenvalue weighted by molar-refractivity contribution is 6.15. The zero-order chi connectivity index (χ0) is 18.5. The van der Waals surface area contributed by atoms with Crippen LogP contribution < -0.4 is 0 Å². The number of ketones is 1. The molecular formula is C21H18N4O2. The number of aromatic amines is 1. The summed E-state index contributed by atoms with van der Waals surface area (Å²) in [4.78, 5) is 25.6. The molecule has 0 spiro atoms. The number of nitrogens with one attached hydrogen (secondary N) is 1. The van der Waals surface area contributed by atoms with Gasteiger partial charge in [-0.2, -0.15) is 0 Å². The molecular weight excluding hydrogens is 340 g/mol. The first kappa shape index (κ1) is 15.9. The minimum Gasteiger partial charge on any atom is -0.361 e. The molecule has 6 heteroatoms. The molecule has 0 atom stereocenters. The number of H-pyrrole nitrogens is 1. The molecule has 0 bridgehead atoms. The second-order valence-corrected chi connectivity index (χ2v) is 7.06. The molecule has 3 aromatic heterocycles. The number of nitrogens with zero attached hydrogens (tertiary/aromatic N) is 3. The predicted octanol–water partition coefficient (Wildman–Crippen LogP) is 4.34. The quantitative estimate of drug-likeness (QED) is 0.549. The molecule has 134 valence electrons. The van der Waals surface area contributed by atoms with Crippen molar-refractivity contribution < 1.29 is 9.32 Å². The van der Waals surface area contributed by atoms with Gasteiger partial charge in [-0.1, -0.05) is 11.2 Å². The van der Waals surface area contributed by atoms with Gasteiger partial charge in [-0.15, -0.1) is 0 Å². The smallest absolute Gasteiger partial charge is 0.213 e. The fourth-order valence-electron chi connectivity index (χ4n) is 3.53. The number of aryl methyl sites for hydroxylation is 2. The summed E-state index contributed by atoms with van der Waals surface area (Å²) in [6.45, 7) is 3.78. The summed E-state index contributed by atoms with van der Waals surface area (Å²) < 4.78 is 5.33. The Hall–Kier alpha value is -3.28. The van der Waals surface area contributed by atoms with Crippen LogP contribution in [0.4, 0.5) is 0 Å². The Balaban J connectivity index is 1.75. The molecule has 4 aromatic rings. The fraction of sp³-hybridized carbons (Fsp3) is 0.238. The third-order valence-electron chi connectivity index (χ3n) is 5.03. The SMILES string of the molecule is Cc1noc(C)c1-c1cc(C(=O)c2ccccn2)c2nc(C3CC3)[nH]c2c1. The van der Waals surface area contributed by atoms with Crippen molar-refractivity contribution in [1.29, 1.82) is 0 Å². The number of hydrogen-bond acceptors (Lipinski definition) is 5. The molecule has 1 aliphatic rings. The lowest BCUT2D eigenvalue weighted by atomic mass is 9.97. The van der Waals surface area contributed by atoms with Crippen molar-refractivity contribution in [2.75, 3.05) is 0 Å². The van der Waals surface area contributed by atoms with E-state index in [9.17, 15) is 4.79 Å². The lowest BCUT2D eigenvalue weighted by Gasteiger charge is -2.06. The van der Waals surface area contributed by atoms with Gasteiger partial charge in [0.2, 0.25) is 5.78 Å². The minimum atomic E-state index is -0.136. The number of carbonyl (C=O) groups is 1. The lowest BCUT2D eigenvalue weighted by molar-refractivity contribution is 0.103. The predicted molar refractivity (Wildman–Crippen MR) is 101 cm³/mol. The molecule has 0 aliphatic heterocycles. The standard InChI is InChI=1S/C21H18N4O2/c1-11-18(12(2)27-25-11)14-9-15(20(26)16-5-3-4-8-22-16)19-17(10-14)23-21(24-19)13-6-7-13/h3-5,8-10,13H,6-7H2,1-2H3,(H,23,24). The second-order valence-electron chi connectivity index (χ2n) is 7.06. The Bertz CT molecular complexity index is 1150. The number of fused-ring (bicyclic) bond motifs is 1. The van der Waals surface area contributed by atoms with Crippen LogP contribution >= 0.6 is 0 Å². The van der Waals surface area contributed by atoms with E-state index >= 15 is 0 Å². The molecule has 0 unspecified atom stereocenters. The van der Waals surface area contributed by atoms with E-state index in [-0.39, 0.29) is 5.78 Å². The average molecular weight is 358 g/mol. The van der Waals surface area contributed by atoms with Crippen LogP contribution in [-0.2, 0) is 0 Å². The van der Waals surface area contributed by atoms with E-state index in [1.54, 1.807) is 18.3 Å². The van der Waals surface area contributed by atoms with Gasteiger partial charge in [0, 0.05) is 17.7 Å². The minimum absolute atomic E-state index is 0.136. The maximum absolute atomic E-state index is 13.2. The van der Waals surface area contributed by atoms with E-state index in [1.807, 2.05) is 32.0 Å².